The van der Waals surface area contributed by atoms with Crippen molar-refractivity contribution in [3.8, 4) is 0 Å². The Morgan fingerprint density at radius 2 is 1.74 bits per heavy atom. The van der Waals surface area contributed by atoms with Crippen LogP contribution in [0.2, 0.25) is 0 Å². The van der Waals surface area contributed by atoms with Crippen molar-refractivity contribution in [3.63, 3.8) is 0 Å². The fourth-order valence-electron chi connectivity index (χ4n) is 3.59. The zero-order valence-electron chi connectivity index (χ0n) is 14.3. The summed E-state index contributed by atoms with van der Waals surface area (Å²) in [6.45, 7) is 4.11. The number of carbonyl (C=O) groups is 2. The molecule has 0 saturated heterocycles. The van der Waals surface area contributed by atoms with Gasteiger partial charge in [-0.15, -0.1) is 0 Å². The van der Waals surface area contributed by atoms with Gasteiger partial charge in [0.1, 0.15) is 0 Å². The molecule has 4 nitrogen and oxygen atoms in total. The van der Waals surface area contributed by atoms with Gasteiger partial charge in [0.2, 0.25) is 5.91 Å². The van der Waals surface area contributed by atoms with Crippen LogP contribution in [0.25, 0.3) is 0 Å². The highest BCUT2D eigenvalue weighted by Gasteiger charge is 2.43. The first kappa shape index (κ1) is 17.5. The lowest BCUT2D eigenvalue weighted by Crippen LogP contribution is -2.50. The van der Waals surface area contributed by atoms with Gasteiger partial charge in [-0.25, -0.2) is 9.69 Å². The van der Waals surface area contributed by atoms with Crippen LogP contribution in [0.15, 0.2) is 24.3 Å². The van der Waals surface area contributed by atoms with Crippen molar-refractivity contribution < 1.29 is 9.59 Å². The molecule has 0 atom stereocenters. The summed E-state index contributed by atoms with van der Waals surface area (Å²) in [5.41, 5.74) is 6.81. The highest BCUT2D eigenvalue weighted by molar-refractivity contribution is 6.15. The molecule has 2 rings (SSSR count). The standard InChI is InChI=1S/C19H28N2O2/c1-3-4-12-19(13-6-5-7-14-19)17(22)21(18(20)23)16-10-8-15(2)9-11-16/h8-11H,3-7,12-14H2,1-2H3,(H2,20,23). The molecule has 1 fully saturated rings. The van der Waals surface area contributed by atoms with E-state index in [1.54, 1.807) is 12.1 Å². The molecule has 0 radical (unpaired) electrons. The lowest BCUT2D eigenvalue weighted by Gasteiger charge is -2.39. The first-order valence-corrected chi connectivity index (χ1v) is 8.71. The molecule has 1 aliphatic carbocycles. The number of aryl methyl sites for hydroxylation is 1. The van der Waals surface area contributed by atoms with E-state index in [9.17, 15) is 9.59 Å². The number of nitrogens with zero attached hydrogens (tertiary/aromatic N) is 1. The number of rotatable bonds is 5. The number of carbonyl (C=O) groups excluding carboxylic acids is 2. The van der Waals surface area contributed by atoms with Crippen LogP contribution < -0.4 is 10.6 Å². The van der Waals surface area contributed by atoms with Crippen LogP contribution in [0, 0.1) is 12.3 Å². The van der Waals surface area contributed by atoms with Gasteiger partial charge >= 0.3 is 6.03 Å². The molecule has 0 spiro atoms. The van der Waals surface area contributed by atoms with Gasteiger partial charge in [-0.05, 0) is 38.3 Å². The normalized spacial score (nSPS) is 16.8. The molecular formula is C19H28N2O2. The first-order valence-electron chi connectivity index (χ1n) is 8.71. The second-order valence-corrected chi connectivity index (χ2v) is 6.76. The summed E-state index contributed by atoms with van der Waals surface area (Å²) in [5, 5.41) is 0. The van der Waals surface area contributed by atoms with Crippen molar-refractivity contribution in [1.29, 1.82) is 0 Å². The van der Waals surface area contributed by atoms with Gasteiger partial charge in [0.05, 0.1) is 11.1 Å². The predicted octanol–water partition coefficient (Wildman–Crippen LogP) is 4.55. The smallest absolute Gasteiger partial charge is 0.326 e. The van der Waals surface area contributed by atoms with Gasteiger partial charge in [-0.1, -0.05) is 56.7 Å². The Bertz CT molecular complexity index is 545. The van der Waals surface area contributed by atoms with Gasteiger partial charge in [0.25, 0.3) is 0 Å². The first-order chi connectivity index (χ1) is 11.0. The summed E-state index contributed by atoms with van der Waals surface area (Å²) in [7, 11) is 0. The third-order valence-electron chi connectivity index (χ3n) is 4.99. The van der Waals surface area contributed by atoms with Crippen LogP contribution in [-0.2, 0) is 4.79 Å². The summed E-state index contributed by atoms with van der Waals surface area (Å²) in [6, 6.07) is 6.72. The molecule has 0 heterocycles. The zero-order chi connectivity index (χ0) is 16.9. The maximum atomic E-state index is 13.3. The summed E-state index contributed by atoms with van der Waals surface area (Å²) >= 11 is 0. The maximum Gasteiger partial charge on any atom is 0.326 e. The Kier molecular flexibility index (Phi) is 5.80. The lowest BCUT2D eigenvalue weighted by atomic mass is 9.70. The topological polar surface area (TPSA) is 63.4 Å². The van der Waals surface area contributed by atoms with Gasteiger partial charge < -0.3 is 5.73 Å². The Morgan fingerprint density at radius 3 is 2.26 bits per heavy atom. The van der Waals surface area contributed by atoms with Crippen LogP contribution >= 0.6 is 0 Å². The highest BCUT2D eigenvalue weighted by Crippen LogP contribution is 2.43. The number of urea groups is 1. The minimum Gasteiger partial charge on any atom is -0.351 e. The average molecular weight is 316 g/mol. The summed E-state index contributed by atoms with van der Waals surface area (Å²) in [5.74, 6) is -0.109. The Morgan fingerprint density at radius 1 is 1.13 bits per heavy atom. The number of primary amides is 1. The van der Waals surface area contributed by atoms with Crippen LogP contribution in [-0.4, -0.2) is 11.9 Å². The molecule has 1 aliphatic rings. The number of hydrogen-bond acceptors (Lipinski definition) is 2. The number of benzene rings is 1. The van der Waals surface area contributed by atoms with E-state index in [0.29, 0.717) is 5.69 Å². The van der Waals surface area contributed by atoms with Crippen molar-refractivity contribution in [2.24, 2.45) is 11.1 Å². The van der Waals surface area contributed by atoms with E-state index >= 15 is 0 Å². The molecule has 3 amide bonds. The van der Waals surface area contributed by atoms with Gasteiger partial charge in [0, 0.05) is 0 Å². The lowest BCUT2D eigenvalue weighted by molar-refractivity contribution is -0.129. The third kappa shape index (κ3) is 3.92. The van der Waals surface area contributed by atoms with Gasteiger partial charge in [-0.2, -0.15) is 0 Å². The summed E-state index contributed by atoms with van der Waals surface area (Å²) < 4.78 is 0. The molecule has 4 heteroatoms. The monoisotopic (exact) mass is 316 g/mol. The van der Waals surface area contributed by atoms with Crippen molar-refractivity contribution in [2.75, 3.05) is 4.90 Å². The number of anilines is 1. The van der Waals surface area contributed by atoms with E-state index in [2.05, 4.69) is 6.92 Å². The maximum absolute atomic E-state index is 13.3. The van der Waals surface area contributed by atoms with Crippen molar-refractivity contribution in [3.05, 3.63) is 29.8 Å². The van der Waals surface area contributed by atoms with Crippen LogP contribution in [0.4, 0.5) is 10.5 Å². The van der Waals surface area contributed by atoms with E-state index in [1.807, 2.05) is 19.1 Å². The van der Waals surface area contributed by atoms with Gasteiger partial charge in [0.15, 0.2) is 0 Å². The zero-order valence-corrected chi connectivity index (χ0v) is 14.3. The number of nitrogens with two attached hydrogens (primary N) is 1. The Hall–Kier alpha value is -1.84. The molecule has 2 N–H and O–H groups in total. The minimum absolute atomic E-state index is 0.109. The van der Waals surface area contributed by atoms with Crippen LogP contribution in [0.3, 0.4) is 0 Å². The molecule has 0 aromatic heterocycles. The van der Waals surface area contributed by atoms with Crippen molar-refractivity contribution in [2.45, 2.75) is 65.2 Å². The van der Waals surface area contributed by atoms with E-state index < -0.39 is 11.4 Å². The summed E-state index contributed by atoms with van der Waals surface area (Å²) in [6.07, 6.45) is 7.90. The highest BCUT2D eigenvalue weighted by atomic mass is 16.2. The fourth-order valence-corrected chi connectivity index (χ4v) is 3.59. The van der Waals surface area contributed by atoms with Crippen molar-refractivity contribution >= 4 is 17.6 Å². The average Bonchev–Trinajstić information content (AvgIpc) is 2.55. The molecule has 0 bridgehead atoms. The van der Waals surface area contributed by atoms with Crippen molar-refractivity contribution in [1.82, 2.24) is 0 Å². The minimum atomic E-state index is -0.680. The predicted molar refractivity (Wildman–Crippen MR) is 93.3 cm³/mol. The van der Waals surface area contributed by atoms with E-state index in [4.69, 9.17) is 5.73 Å². The number of hydrogen-bond donors (Lipinski definition) is 1. The SMILES string of the molecule is CCCCC1(C(=O)N(C(N)=O)c2ccc(C)cc2)CCCCC1. The fraction of sp³-hybridized carbons (Fsp3) is 0.579. The van der Waals surface area contributed by atoms with Gasteiger partial charge in [-0.3, -0.25) is 4.79 Å². The number of amides is 3. The van der Waals surface area contributed by atoms with E-state index in [0.717, 1.165) is 50.5 Å². The quantitative estimate of drug-likeness (QED) is 0.866. The van der Waals surface area contributed by atoms with Crippen LogP contribution in [0.5, 0.6) is 0 Å². The summed E-state index contributed by atoms with van der Waals surface area (Å²) in [4.78, 5) is 26.5. The Labute approximate surface area is 139 Å². The molecule has 23 heavy (non-hydrogen) atoms. The second kappa shape index (κ2) is 7.62. The van der Waals surface area contributed by atoms with E-state index in [1.165, 1.54) is 11.3 Å². The second-order valence-electron chi connectivity index (χ2n) is 6.76. The molecule has 126 valence electrons. The molecule has 1 aromatic rings. The number of imide groups is 1. The molecular weight excluding hydrogens is 288 g/mol. The molecule has 0 aliphatic heterocycles. The molecule has 0 unspecified atom stereocenters. The third-order valence-corrected chi connectivity index (χ3v) is 4.99. The van der Waals surface area contributed by atoms with Crippen LogP contribution in [0.1, 0.15) is 63.9 Å². The molecule has 1 aromatic carbocycles. The largest absolute Gasteiger partial charge is 0.351 e. The number of unbranched alkanes of at least 4 members (excludes halogenated alkanes) is 1. The Balaban J connectivity index is 2.33. The molecule has 1 saturated carbocycles. The van der Waals surface area contributed by atoms with E-state index in [-0.39, 0.29) is 5.91 Å².